The summed E-state index contributed by atoms with van der Waals surface area (Å²) in [7, 11) is 0. The van der Waals surface area contributed by atoms with Gasteiger partial charge in [-0.25, -0.2) is 0 Å². The van der Waals surface area contributed by atoms with Gasteiger partial charge in [0.25, 0.3) is 0 Å². The van der Waals surface area contributed by atoms with Crippen molar-refractivity contribution < 1.29 is 4.74 Å². The summed E-state index contributed by atoms with van der Waals surface area (Å²) in [6.07, 6.45) is 2.24. The monoisotopic (exact) mass is 371 g/mol. The Hall–Kier alpha value is -0.780. The van der Waals surface area contributed by atoms with Crippen LogP contribution in [-0.4, -0.2) is 43.7 Å². The van der Waals surface area contributed by atoms with E-state index in [0.717, 1.165) is 48.6 Å². The van der Waals surface area contributed by atoms with E-state index in [1.165, 1.54) is 5.56 Å². The highest BCUT2D eigenvalue weighted by molar-refractivity contribution is 9.10. The molecule has 0 aromatic heterocycles. The highest BCUT2D eigenvalue weighted by Crippen LogP contribution is 2.51. The Balaban J connectivity index is 1.71. The van der Waals surface area contributed by atoms with Crippen LogP contribution >= 0.6 is 27.5 Å². The molecule has 2 N–H and O–H groups in total. The number of nitrogens with two attached hydrogens (primary N) is 1. The molecule has 1 heterocycles. The van der Waals surface area contributed by atoms with Crippen LogP contribution in [0.2, 0.25) is 5.02 Å². The number of nitrogens with zero attached hydrogens (tertiary/aromatic N) is 2. The molecular weight excluding hydrogens is 354 g/mol. The third-order valence-corrected chi connectivity index (χ3v) is 5.04. The molecule has 2 aliphatic rings. The van der Waals surface area contributed by atoms with Gasteiger partial charge in [0.15, 0.2) is 5.96 Å². The minimum atomic E-state index is 0.0781. The molecule has 21 heavy (non-hydrogen) atoms. The van der Waals surface area contributed by atoms with Crippen molar-refractivity contribution in [2.24, 2.45) is 10.7 Å². The summed E-state index contributed by atoms with van der Waals surface area (Å²) in [6.45, 7) is 3.79. The molecule has 4 nitrogen and oxygen atoms in total. The molecule has 0 amide bonds. The Morgan fingerprint density at radius 1 is 1.38 bits per heavy atom. The Bertz CT molecular complexity index is 554. The first-order chi connectivity index (χ1) is 10.1. The van der Waals surface area contributed by atoms with E-state index in [-0.39, 0.29) is 5.41 Å². The molecule has 1 aromatic carbocycles. The quantitative estimate of drug-likeness (QED) is 0.656. The van der Waals surface area contributed by atoms with Crippen LogP contribution in [-0.2, 0) is 10.2 Å². The zero-order valence-electron chi connectivity index (χ0n) is 11.8. The van der Waals surface area contributed by atoms with Crippen LogP contribution in [0, 0.1) is 0 Å². The van der Waals surface area contributed by atoms with Crippen molar-refractivity contribution in [3.8, 4) is 0 Å². The molecule has 0 radical (unpaired) electrons. The number of rotatable bonds is 3. The molecule has 2 fully saturated rings. The Morgan fingerprint density at radius 3 is 2.71 bits per heavy atom. The molecule has 0 atom stereocenters. The van der Waals surface area contributed by atoms with Gasteiger partial charge in [-0.2, -0.15) is 0 Å². The minimum Gasteiger partial charge on any atom is -0.378 e. The van der Waals surface area contributed by atoms with Crippen LogP contribution in [0.15, 0.2) is 27.7 Å². The van der Waals surface area contributed by atoms with Crippen LogP contribution in [0.25, 0.3) is 0 Å². The third-order valence-electron chi connectivity index (χ3n) is 4.23. The summed E-state index contributed by atoms with van der Waals surface area (Å²) in [4.78, 5) is 6.70. The fraction of sp³-hybridized carbons (Fsp3) is 0.533. The summed E-state index contributed by atoms with van der Waals surface area (Å²) in [5.74, 6) is 0.623. The number of ether oxygens (including phenoxy) is 1. The van der Waals surface area contributed by atoms with Crippen molar-refractivity contribution in [1.29, 1.82) is 0 Å². The number of hydrogen-bond acceptors (Lipinski definition) is 2. The molecule has 1 saturated carbocycles. The molecule has 1 aliphatic heterocycles. The predicted octanol–water partition coefficient (Wildman–Crippen LogP) is 2.78. The lowest BCUT2D eigenvalue weighted by atomic mass is 9.96. The summed E-state index contributed by atoms with van der Waals surface area (Å²) in [5, 5.41) is 0.807. The van der Waals surface area contributed by atoms with E-state index in [1.54, 1.807) is 0 Å². The van der Waals surface area contributed by atoms with Crippen LogP contribution in [0.5, 0.6) is 0 Å². The van der Waals surface area contributed by atoms with Crippen molar-refractivity contribution in [3.05, 3.63) is 33.3 Å². The maximum absolute atomic E-state index is 6.38. The molecular formula is C15H19BrClN3O. The average molecular weight is 373 g/mol. The van der Waals surface area contributed by atoms with Crippen LogP contribution in [0.3, 0.4) is 0 Å². The van der Waals surface area contributed by atoms with Gasteiger partial charge in [-0.05, 0) is 30.5 Å². The standard InChI is InChI=1S/C15H19BrClN3O/c16-11-1-2-12(13(17)9-11)15(3-4-15)10-19-14(18)20-5-7-21-8-6-20/h1-2,9H,3-8,10H2,(H2,18,19). The normalized spacial score (nSPS) is 21.4. The summed E-state index contributed by atoms with van der Waals surface area (Å²) in [6, 6.07) is 6.09. The molecule has 114 valence electrons. The summed E-state index contributed by atoms with van der Waals surface area (Å²) >= 11 is 9.83. The van der Waals surface area contributed by atoms with E-state index < -0.39 is 0 Å². The van der Waals surface area contributed by atoms with E-state index in [0.29, 0.717) is 12.5 Å². The van der Waals surface area contributed by atoms with Crippen LogP contribution < -0.4 is 5.73 Å². The molecule has 6 heteroatoms. The van der Waals surface area contributed by atoms with Gasteiger partial charge in [0.1, 0.15) is 0 Å². The van der Waals surface area contributed by atoms with E-state index in [2.05, 4.69) is 31.9 Å². The van der Waals surface area contributed by atoms with Crippen molar-refractivity contribution in [2.45, 2.75) is 18.3 Å². The zero-order valence-corrected chi connectivity index (χ0v) is 14.2. The second-order valence-electron chi connectivity index (χ2n) is 5.68. The minimum absolute atomic E-state index is 0.0781. The second-order valence-corrected chi connectivity index (χ2v) is 7.00. The zero-order chi connectivity index (χ0) is 14.9. The lowest BCUT2D eigenvalue weighted by Gasteiger charge is -2.28. The number of guanidine groups is 1. The third kappa shape index (κ3) is 3.35. The Morgan fingerprint density at radius 2 is 2.10 bits per heavy atom. The smallest absolute Gasteiger partial charge is 0.191 e. The van der Waals surface area contributed by atoms with Gasteiger partial charge in [0.2, 0.25) is 0 Å². The predicted molar refractivity (Wildman–Crippen MR) is 88.9 cm³/mol. The summed E-state index contributed by atoms with van der Waals surface area (Å²) < 4.78 is 6.33. The molecule has 0 bridgehead atoms. The number of hydrogen-bond donors (Lipinski definition) is 1. The van der Waals surface area contributed by atoms with Crippen molar-refractivity contribution in [1.82, 2.24) is 4.90 Å². The van der Waals surface area contributed by atoms with Crippen LogP contribution in [0.4, 0.5) is 0 Å². The van der Waals surface area contributed by atoms with Gasteiger partial charge in [-0.15, -0.1) is 0 Å². The first kappa shape index (κ1) is 15.1. The molecule has 3 rings (SSSR count). The SMILES string of the molecule is NC(=NCC1(c2ccc(Br)cc2Cl)CC1)N1CCOCC1. The fourth-order valence-corrected chi connectivity index (χ4v) is 3.58. The van der Waals surface area contributed by atoms with Gasteiger partial charge in [0, 0.05) is 28.0 Å². The molecule has 0 unspecified atom stereocenters. The maximum atomic E-state index is 6.38. The number of morpholine rings is 1. The molecule has 1 saturated heterocycles. The Labute approximate surface area is 138 Å². The largest absolute Gasteiger partial charge is 0.378 e. The number of benzene rings is 1. The van der Waals surface area contributed by atoms with Crippen molar-refractivity contribution in [2.75, 3.05) is 32.8 Å². The van der Waals surface area contributed by atoms with E-state index in [1.807, 2.05) is 12.1 Å². The van der Waals surface area contributed by atoms with Gasteiger partial charge < -0.3 is 15.4 Å². The van der Waals surface area contributed by atoms with Crippen LogP contribution in [0.1, 0.15) is 18.4 Å². The van der Waals surface area contributed by atoms with Crippen molar-refractivity contribution in [3.63, 3.8) is 0 Å². The first-order valence-corrected chi connectivity index (χ1v) is 8.36. The fourth-order valence-electron chi connectivity index (χ4n) is 2.71. The van der Waals surface area contributed by atoms with E-state index in [9.17, 15) is 0 Å². The van der Waals surface area contributed by atoms with Gasteiger partial charge >= 0.3 is 0 Å². The lowest BCUT2D eigenvalue weighted by Crippen LogP contribution is -2.45. The molecule has 1 aromatic rings. The van der Waals surface area contributed by atoms with Gasteiger partial charge in [-0.3, -0.25) is 4.99 Å². The van der Waals surface area contributed by atoms with E-state index >= 15 is 0 Å². The van der Waals surface area contributed by atoms with Gasteiger partial charge in [-0.1, -0.05) is 33.6 Å². The Kier molecular flexibility index (Phi) is 4.43. The van der Waals surface area contributed by atoms with Gasteiger partial charge in [0.05, 0.1) is 19.8 Å². The average Bonchev–Trinajstić information content (AvgIpc) is 3.26. The highest BCUT2D eigenvalue weighted by Gasteiger charge is 2.45. The maximum Gasteiger partial charge on any atom is 0.191 e. The number of aliphatic imine (C=N–C) groups is 1. The molecule has 1 aliphatic carbocycles. The topological polar surface area (TPSA) is 50.8 Å². The summed E-state index contributed by atoms with van der Waals surface area (Å²) in [5.41, 5.74) is 7.37. The van der Waals surface area contributed by atoms with E-state index in [4.69, 9.17) is 22.1 Å². The highest BCUT2D eigenvalue weighted by atomic mass is 79.9. The lowest BCUT2D eigenvalue weighted by molar-refractivity contribution is 0.0674. The first-order valence-electron chi connectivity index (χ1n) is 7.19. The molecule has 0 spiro atoms. The number of halogens is 2. The second kappa shape index (κ2) is 6.15. The van der Waals surface area contributed by atoms with Crippen molar-refractivity contribution >= 4 is 33.5 Å².